The second-order valence-corrected chi connectivity index (χ2v) is 7.35. The summed E-state index contributed by atoms with van der Waals surface area (Å²) in [6.07, 6.45) is 0.208. The molecular weight excluding hydrogens is 340 g/mol. The molecule has 142 valence electrons. The van der Waals surface area contributed by atoms with Gasteiger partial charge in [0.05, 0.1) is 17.7 Å². The van der Waals surface area contributed by atoms with Gasteiger partial charge in [0.1, 0.15) is 5.75 Å². The highest BCUT2D eigenvalue weighted by Gasteiger charge is 2.36. The predicted octanol–water partition coefficient (Wildman–Crippen LogP) is 4.08. The van der Waals surface area contributed by atoms with Crippen LogP contribution in [0, 0.1) is 19.8 Å². The van der Waals surface area contributed by atoms with Crippen LogP contribution in [0.4, 0.5) is 11.4 Å². The first-order chi connectivity index (χ1) is 12.8. The number of hydrogen-bond acceptors (Lipinski definition) is 3. The van der Waals surface area contributed by atoms with Crippen molar-refractivity contribution in [3.63, 3.8) is 0 Å². The first kappa shape index (κ1) is 19.0. The number of aryl methyl sites for hydroxylation is 2. The highest BCUT2D eigenvalue weighted by molar-refractivity contribution is 6.04. The molecule has 2 aromatic carbocycles. The Morgan fingerprint density at radius 3 is 2.67 bits per heavy atom. The van der Waals surface area contributed by atoms with Crippen molar-refractivity contribution < 1.29 is 14.3 Å². The second kappa shape index (κ2) is 7.82. The van der Waals surface area contributed by atoms with E-state index in [4.69, 9.17) is 4.74 Å². The van der Waals surface area contributed by atoms with E-state index in [0.717, 1.165) is 22.5 Å². The quantitative estimate of drug-likeness (QED) is 0.867. The first-order valence-corrected chi connectivity index (χ1v) is 9.29. The van der Waals surface area contributed by atoms with Crippen LogP contribution in [0.1, 0.15) is 31.4 Å². The molecule has 1 aliphatic rings. The average Bonchev–Trinajstić information content (AvgIpc) is 3.00. The fourth-order valence-electron chi connectivity index (χ4n) is 3.26. The number of carbonyl (C=O) groups excluding carboxylic acids is 2. The highest BCUT2D eigenvalue weighted by atomic mass is 16.5. The van der Waals surface area contributed by atoms with Crippen LogP contribution >= 0.6 is 0 Å². The van der Waals surface area contributed by atoms with E-state index in [-0.39, 0.29) is 30.3 Å². The van der Waals surface area contributed by atoms with E-state index < -0.39 is 0 Å². The largest absolute Gasteiger partial charge is 0.489 e. The predicted molar refractivity (Wildman–Crippen MR) is 107 cm³/mol. The van der Waals surface area contributed by atoms with Crippen LogP contribution in [-0.4, -0.2) is 24.5 Å². The molecule has 1 unspecified atom stereocenters. The van der Waals surface area contributed by atoms with Crippen LogP contribution in [0.25, 0.3) is 0 Å². The smallest absolute Gasteiger partial charge is 0.229 e. The van der Waals surface area contributed by atoms with Crippen molar-refractivity contribution in [2.24, 2.45) is 5.92 Å². The van der Waals surface area contributed by atoms with Crippen LogP contribution < -0.4 is 15.0 Å². The number of ether oxygens (including phenoxy) is 1. The second-order valence-electron chi connectivity index (χ2n) is 7.35. The van der Waals surface area contributed by atoms with Crippen molar-refractivity contribution in [3.8, 4) is 5.75 Å². The van der Waals surface area contributed by atoms with Crippen LogP contribution in [0.3, 0.4) is 0 Å². The Bertz CT molecular complexity index is 860. The molecule has 0 radical (unpaired) electrons. The lowest BCUT2D eigenvalue weighted by Crippen LogP contribution is -2.28. The minimum absolute atomic E-state index is 0.00671. The fraction of sp³-hybridized carbons (Fsp3) is 0.364. The molecule has 2 amide bonds. The SMILES string of the molecule is Cc1ccc(C)c(NC(=O)C2CC(=O)N(c3ccccc3OC(C)C)C2)c1. The zero-order valence-corrected chi connectivity index (χ0v) is 16.3. The van der Waals surface area contributed by atoms with Crippen molar-refractivity contribution >= 4 is 23.2 Å². The Balaban J connectivity index is 1.76. The van der Waals surface area contributed by atoms with Gasteiger partial charge in [-0.2, -0.15) is 0 Å². The van der Waals surface area contributed by atoms with Gasteiger partial charge in [0.15, 0.2) is 0 Å². The Kier molecular flexibility index (Phi) is 5.49. The molecule has 1 N–H and O–H groups in total. The molecule has 0 aliphatic carbocycles. The lowest BCUT2D eigenvalue weighted by atomic mass is 10.1. The highest BCUT2D eigenvalue weighted by Crippen LogP contribution is 2.34. The Labute approximate surface area is 160 Å². The van der Waals surface area contributed by atoms with Crippen LogP contribution in [0.2, 0.25) is 0 Å². The molecule has 1 saturated heterocycles. The van der Waals surface area contributed by atoms with Gasteiger partial charge < -0.3 is 15.0 Å². The molecule has 0 saturated carbocycles. The normalized spacial score (nSPS) is 16.7. The summed E-state index contributed by atoms with van der Waals surface area (Å²) in [5.74, 6) is 0.0960. The number of anilines is 2. The van der Waals surface area contributed by atoms with E-state index in [9.17, 15) is 9.59 Å². The van der Waals surface area contributed by atoms with Crippen LogP contribution in [0.15, 0.2) is 42.5 Å². The van der Waals surface area contributed by atoms with Gasteiger partial charge >= 0.3 is 0 Å². The van der Waals surface area contributed by atoms with E-state index in [2.05, 4.69) is 5.32 Å². The van der Waals surface area contributed by atoms with Crippen molar-refractivity contribution in [2.45, 2.75) is 40.2 Å². The molecule has 0 aromatic heterocycles. The number of nitrogens with one attached hydrogen (secondary N) is 1. The number of rotatable bonds is 5. The molecule has 1 atom stereocenters. The number of carbonyl (C=O) groups is 2. The molecule has 1 aliphatic heterocycles. The van der Waals surface area contributed by atoms with Crippen LogP contribution in [-0.2, 0) is 9.59 Å². The molecule has 1 fully saturated rings. The van der Waals surface area contributed by atoms with Crippen molar-refractivity contribution in [1.82, 2.24) is 0 Å². The number of hydrogen-bond donors (Lipinski definition) is 1. The fourth-order valence-corrected chi connectivity index (χ4v) is 3.26. The van der Waals surface area contributed by atoms with Gasteiger partial charge in [-0.05, 0) is 57.0 Å². The molecule has 0 bridgehead atoms. The van der Waals surface area contributed by atoms with E-state index >= 15 is 0 Å². The number of amides is 2. The number of benzene rings is 2. The van der Waals surface area contributed by atoms with E-state index in [0.29, 0.717) is 12.3 Å². The maximum absolute atomic E-state index is 12.7. The minimum atomic E-state index is -0.385. The molecule has 1 heterocycles. The van der Waals surface area contributed by atoms with Gasteiger partial charge in [-0.25, -0.2) is 0 Å². The Hall–Kier alpha value is -2.82. The number of para-hydroxylation sites is 2. The lowest BCUT2D eigenvalue weighted by molar-refractivity contribution is -0.122. The molecule has 27 heavy (non-hydrogen) atoms. The Morgan fingerprint density at radius 1 is 1.19 bits per heavy atom. The average molecular weight is 366 g/mol. The maximum atomic E-state index is 12.7. The third-order valence-electron chi connectivity index (χ3n) is 4.67. The zero-order valence-electron chi connectivity index (χ0n) is 16.3. The summed E-state index contributed by atoms with van der Waals surface area (Å²) in [5, 5.41) is 2.98. The number of nitrogens with zero attached hydrogens (tertiary/aromatic N) is 1. The third kappa shape index (κ3) is 4.30. The molecule has 0 spiro atoms. The molecule has 5 nitrogen and oxygen atoms in total. The van der Waals surface area contributed by atoms with Gasteiger partial charge in [-0.15, -0.1) is 0 Å². The summed E-state index contributed by atoms with van der Waals surface area (Å²) in [5.41, 5.74) is 3.61. The van der Waals surface area contributed by atoms with Gasteiger partial charge in [-0.1, -0.05) is 24.3 Å². The van der Waals surface area contributed by atoms with Gasteiger partial charge in [0.2, 0.25) is 11.8 Å². The van der Waals surface area contributed by atoms with Gasteiger partial charge in [0.25, 0.3) is 0 Å². The first-order valence-electron chi connectivity index (χ1n) is 9.29. The summed E-state index contributed by atoms with van der Waals surface area (Å²) in [6.45, 7) is 8.20. The van der Waals surface area contributed by atoms with E-state index in [1.54, 1.807) is 4.90 Å². The summed E-state index contributed by atoms with van der Waals surface area (Å²) in [4.78, 5) is 27.0. The van der Waals surface area contributed by atoms with Crippen molar-refractivity contribution in [1.29, 1.82) is 0 Å². The van der Waals surface area contributed by atoms with Crippen molar-refractivity contribution in [3.05, 3.63) is 53.6 Å². The van der Waals surface area contributed by atoms with Gasteiger partial charge in [0, 0.05) is 18.7 Å². The van der Waals surface area contributed by atoms with Crippen LogP contribution in [0.5, 0.6) is 5.75 Å². The molecule has 5 heteroatoms. The van der Waals surface area contributed by atoms with E-state index in [1.165, 1.54) is 0 Å². The summed E-state index contributed by atoms with van der Waals surface area (Å²) in [7, 11) is 0. The van der Waals surface area contributed by atoms with Crippen molar-refractivity contribution in [2.75, 3.05) is 16.8 Å². The van der Waals surface area contributed by atoms with Gasteiger partial charge in [-0.3, -0.25) is 9.59 Å². The lowest BCUT2D eigenvalue weighted by Gasteiger charge is -2.21. The maximum Gasteiger partial charge on any atom is 0.229 e. The Morgan fingerprint density at radius 2 is 1.93 bits per heavy atom. The molecule has 2 aromatic rings. The standard InChI is InChI=1S/C22H26N2O3/c1-14(2)27-20-8-6-5-7-19(20)24-13-17(12-21(24)25)22(26)23-18-11-15(3)9-10-16(18)4/h5-11,14,17H,12-13H2,1-4H3,(H,23,26). The summed E-state index contributed by atoms with van der Waals surface area (Å²) < 4.78 is 5.83. The molecular formula is C22H26N2O3. The monoisotopic (exact) mass is 366 g/mol. The topological polar surface area (TPSA) is 58.6 Å². The third-order valence-corrected chi connectivity index (χ3v) is 4.67. The summed E-state index contributed by atoms with van der Waals surface area (Å²) >= 11 is 0. The molecule has 3 rings (SSSR count). The minimum Gasteiger partial charge on any atom is -0.489 e. The zero-order chi connectivity index (χ0) is 19.6. The van der Waals surface area contributed by atoms with E-state index in [1.807, 2.05) is 70.2 Å². The summed E-state index contributed by atoms with van der Waals surface area (Å²) in [6, 6.07) is 13.4.